The van der Waals surface area contributed by atoms with Gasteiger partial charge in [-0.2, -0.15) is 0 Å². The van der Waals surface area contributed by atoms with E-state index in [-0.39, 0.29) is 17.7 Å². The summed E-state index contributed by atoms with van der Waals surface area (Å²) in [5.41, 5.74) is 9.30. The van der Waals surface area contributed by atoms with E-state index in [1.165, 1.54) is 0 Å². The average Bonchev–Trinajstić information content (AvgIpc) is 3.04. The zero-order valence-corrected chi connectivity index (χ0v) is 15.4. The van der Waals surface area contributed by atoms with Gasteiger partial charge in [0.2, 0.25) is 0 Å². The van der Waals surface area contributed by atoms with Gasteiger partial charge >= 0.3 is 0 Å². The second-order valence-electron chi connectivity index (χ2n) is 7.80. The Morgan fingerprint density at radius 2 is 1.63 bits per heavy atom. The minimum Gasteiger partial charge on any atom is -0.390 e. The summed E-state index contributed by atoms with van der Waals surface area (Å²) in [7, 11) is 0. The first-order valence-electron chi connectivity index (χ1n) is 9.41. The molecule has 1 saturated carbocycles. The Bertz CT molecular complexity index is 834. The van der Waals surface area contributed by atoms with Gasteiger partial charge < -0.3 is 20.8 Å². The quantitative estimate of drug-likeness (QED) is 0.752. The zero-order chi connectivity index (χ0) is 19.1. The lowest BCUT2D eigenvalue weighted by atomic mass is 9.79. The van der Waals surface area contributed by atoms with Crippen LogP contribution in [0.5, 0.6) is 0 Å². The number of rotatable bonds is 2. The van der Waals surface area contributed by atoms with Crippen molar-refractivity contribution >= 4 is 11.7 Å². The molecule has 1 saturated heterocycles. The number of likely N-dealkylation sites (tertiary alicyclic amines) is 1. The molecule has 2 fully saturated rings. The van der Waals surface area contributed by atoms with Crippen LogP contribution in [0.4, 0.5) is 5.82 Å². The molecular formula is C21H25N3O3. The number of aliphatic hydroxyl groups is 2. The summed E-state index contributed by atoms with van der Waals surface area (Å²) in [6, 6.07) is 11.3. The zero-order valence-electron chi connectivity index (χ0n) is 15.4. The van der Waals surface area contributed by atoms with Gasteiger partial charge in [-0.1, -0.05) is 12.1 Å². The third-order valence-corrected chi connectivity index (χ3v) is 5.90. The smallest absolute Gasteiger partial charge is 0.253 e. The van der Waals surface area contributed by atoms with E-state index in [1.54, 1.807) is 0 Å². The van der Waals surface area contributed by atoms with Crippen LogP contribution < -0.4 is 5.73 Å². The Balaban J connectivity index is 1.49. The molecule has 2 aliphatic rings. The monoisotopic (exact) mass is 367 g/mol. The van der Waals surface area contributed by atoms with Crippen LogP contribution in [-0.2, 0) is 0 Å². The van der Waals surface area contributed by atoms with Crippen molar-refractivity contribution in [3.05, 3.63) is 47.7 Å². The van der Waals surface area contributed by atoms with E-state index in [9.17, 15) is 15.0 Å². The lowest BCUT2D eigenvalue weighted by Gasteiger charge is -2.31. The van der Waals surface area contributed by atoms with Gasteiger partial charge in [0.05, 0.1) is 12.2 Å². The summed E-state index contributed by atoms with van der Waals surface area (Å²) in [6.07, 6.45) is -0.217. The van der Waals surface area contributed by atoms with E-state index in [0.717, 1.165) is 16.8 Å². The van der Waals surface area contributed by atoms with E-state index < -0.39 is 12.2 Å². The van der Waals surface area contributed by atoms with Crippen molar-refractivity contribution in [1.82, 2.24) is 9.88 Å². The van der Waals surface area contributed by atoms with Crippen LogP contribution in [0, 0.1) is 18.8 Å². The van der Waals surface area contributed by atoms with Crippen molar-refractivity contribution < 1.29 is 15.0 Å². The Morgan fingerprint density at radius 3 is 2.19 bits per heavy atom. The number of aryl methyl sites for hydroxylation is 1. The molecule has 1 amide bonds. The van der Waals surface area contributed by atoms with Crippen LogP contribution in [0.25, 0.3) is 11.1 Å². The number of aromatic nitrogens is 1. The number of pyridine rings is 1. The molecule has 0 spiro atoms. The molecule has 0 bridgehead atoms. The number of fused-ring (bicyclic) bond motifs is 1. The summed E-state index contributed by atoms with van der Waals surface area (Å²) in [6.45, 7) is 3.18. The van der Waals surface area contributed by atoms with Crippen molar-refractivity contribution in [3.8, 4) is 11.1 Å². The summed E-state index contributed by atoms with van der Waals surface area (Å²) in [4.78, 5) is 19.0. The molecule has 2 aromatic rings. The third-order valence-electron chi connectivity index (χ3n) is 5.90. The van der Waals surface area contributed by atoms with Crippen molar-refractivity contribution in [2.45, 2.75) is 32.0 Å². The molecular weight excluding hydrogens is 342 g/mol. The number of carbonyl (C=O) groups is 1. The fraction of sp³-hybridized carbons (Fsp3) is 0.429. The molecule has 142 valence electrons. The van der Waals surface area contributed by atoms with Gasteiger partial charge in [0.25, 0.3) is 5.91 Å². The van der Waals surface area contributed by atoms with Crippen LogP contribution in [0.15, 0.2) is 36.4 Å². The topological polar surface area (TPSA) is 99.7 Å². The Hall–Kier alpha value is -2.44. The maximum absolute atomic E-state index is 12.9. The van der Waals surface area contributed by atoms with Crippen molar-refractivity contribution in [2.75, 3.05) is 18.8 Å². The first-order chi connectivity index (χ1) is 12.9. The second kappa shape index (κ2) is 6.94. The number of nitrogen functional groups attached to an aromatic ring is 1. The predicted molar refractivity (Wildman–Crippen MR) is 103 cm³/mol. The number of anilines is 1. The van der Waals surface area contributed by atoms with Crippen LogP contribution in [0.2, 0.25) is 0 Å². The van der Waals surface area contributed by atoms with Gasteiger partial charge in [-0.15, -0.1) is 0 Å². The molecule has 1 aromatic carbocycles. The maximum Gasteiger partial charge on any atom is 0.253 e. The Kier molecular flexibility index (Phi) is 4.61. The SMILES string of the molecule is Cc1ccc(-c2ccc(C(=O)N3C[C@H]4C[C@H](O)[C@H](O)C[C@H]4C3)cc2)c(N)n1. The van der Waals surface area contributed by atoms with Gasteiger partial charge in [0, 0.05) is 29.9 Å². The lowest BCUT2D eigenvalue weighted by Crippen LogP contribution is -2.38. The predicted octanol–water partition coefficient (Wildman–Crippen LogP) is 1.84. The first-order valence-corrected chi connectivity index (χ1v) is 9.41. The van der Waals surface area contributed by atoms with E-state index in [0.29, 0.717) is 37.3 Å². The molecule has 1 aliphatic carbocycles. The fourth-order valence-electron chi connectivity index (χ4n) is 4.37. The number of aliphatic hydroxyl groups excluding tert-OH is 2. The summed E-state index contributed by atoms with van der Waals surface area (Å²) in [5.74, 6) is 1.01. The van der Waals surface area contributed by atoms with Crippen LogP contribution >= 0.6 is 0 Å². The van der Waals surface area contributed by atoms with Gasteiger partial charge in [-0.05, 0) is 61.4 Å². The third kappa shape index (κ3) is 3.42. The molecule has 1 aromatic heterocycles. The van der Waals surface area contributed by atoms with Crippen molar-refractivity contribution in [2.24, 2.45) is 11.8 Å². The Labute approximate surface area is 158 Å². The van der Waals surface area contributed by atoms with Gasteiger partial charge in [-0.3, -0.25) is 4.79 Å². The lowest BCUT2D eigenvalue weighted by molar-refractivity contribution is -0.0372. The summed E-state index contributed by atoms with van der Waals surface area (Å²) in [5, 5.41) is 19.8. The molecule has 6 heteroatoms. The molecule has 4 atom stereocenters. The van der Waals surface area contributed by atoms with E-state index in [1.807, 2.05) is 48.2 Å². The number of benzene rings is 1. The number of hydrogen-bond acceptors (Lipinski definition) is 5. The van der Waals surface area contributed by atoms with Gasteiger partial charge in [0.1, 0.15) is 5.82 Å². The molecule has 1 aliphatic heterocycles. The molecule has 4 N–H and O–H groups in total. The highest BCUT2D eigenvalue weighted by atomic mass is 16.3. The number of amides is 1. The first kappa shape index (κ1) is 17.9. The molecule has 2 heterocycles. The number of nitrogens with two attached hydrogens (primary N) is 1. The highest BCUT2D eigenvalue weighted by Crippen LogP contribution is 2.37. The maximum atomic E-state index is 12.9. The summed E-state index contributed by atoms with van der Waals surface area (Å²) < 4.78 is 0. The van der Waals surface area contributed by atoms with E-state index >= 15 is 0 Å². The molecule has 4 rings (SSSR count). The molecule has 27 heavy (non-hydrogen) atoms. The molecule has 6 nitrogen and oxygen atoms in total. The minimum absolute atomic E-state index is 0.00469. The van der Waals surface area contributed by atoms with Crippen LogP contribution in [0.3, 0.4) is 0 Å². The van der Waals surface area contributed by atoms with Gasteiger partial charge in [0.15, 0.2) is 0 Å². The molecule has 0 unspecified atom stereocenters. The second-order valence-corrected chi connectivity index (χ2v) is 7.80. The Morgan fingerprint density at radius 1 is 1.04 bits per heavy atom. The van der Waals surface area contributed by atoms with E-state index in [4.69, 9.17) is 5.73 Å². The normalized spacial score (nSPS) is 27.4. The highest BCUT2D eigenvalue weighted by Gasteiger charge is 2.42. The van der Waals surface area contributed by atoms with Crippen LogP contribution in [-0.4, -0.2) is 51.3 Å². The van der Waals surface area contributed by atoms with Crippen molar-refractivity contribution in [1.29, 1.82) is 0 Å². The van der Waals surface area contributed by atoms with Gasteiger partial charge in [-0.25, -0.2) is 4.98 Å². The summed E-state index contributed by atoms with van der Waals surface area (Å²) >= 11 is 0. The fourth-order valence-corrected chi connectivity index (χ4v) is 4.37. The van der Waals surface area contributed by atoms with E-state index in [2.05, 4.69) is 4.98 Å². The highest BCUT2D eigenvalue weighted by molar-refractivity contribution is 5.95. The molecule has 0 radical (unpaired) electrons. The van der Waals surface area contributed by atoms with Crippen molar-refractivity contribution in [3.63, 3.8) is 0 Å². The largest absolute Gasteiger partial charge is 0.390 e. The number of nitrogens with zero attached hydrogens (tertiary/aromatic N) is 2. The minimum atomic E-state index is -0.672. The van der Waals surface area contributed by atoms with Crippen LogP contribution in [0.1, 0.15) is 28.9 Å². The number of hydrogen-bond donors (Lipinski definition) is 3. The number of carbonyl (C=O) groups excluding carboxylic acids is 1. The standard InChI is InChI=1S/C21H25N3O3/c1-12-2-7-17(20(22)23-12)13-3-5-14(6-4-13)21(27)24-10-15-8-18(25)19(26)9-16(15)11-24/h2-7,15-16,18-19,25-26H,8-11H2,1H3,(H2,22,23)/t15-,16+,18+,19-. The average molecular weight is 367 g/mol.